The summed E-state index contributed by atoms with van der Waals surface area (Å²) in [4.78, 5) is 48.3. The number of aromatic amines is 1. The summed E-state index contributed by atoms with van der Waals surface area (Å²) in [6.45, 7) is 4.45. The summed E-state index contributed by atoms with van der Waals surface area (Å²) in [5.74, 6) is -0.821. The number of hydrogen-bond acceptors (Lipinski definition) is 7. The monoisotopic (exact) mass is 529 g/mol. The first-order chi connectivity index (χ1) is 17.8. The van der Waals surface area contributed by atoms with Crippen LogP contribution in [0.5, 0.6) is 0 Å². The van der Waals surface area contributed by atoms with E-state index in [0.29, 0.717) is 31.6 Å². The summed E-state index contributed by atoms with van der Waals surface area (Å²) >= 11 is 1.53. The van der Waals surface area contributed by atoms with Crippen LogP contribution in [0.15, 0.2) is 36.8 Å². The number of nitrogens with zero attached hydrogens (tertiary/aromatic N) is 2. The zero-order valence-corrected chi connectivity index (χ0v) is 22.7. The summed E-state index contributed by atoms with van der Waals surface area (Å²) in [5, 5.41) is 12.5. The molecule has 0 fully saturated rings. The average Bonchev–Trinajstić information content (AvgIpc) is 3.42. The van der Waals surface area contributed by atoms with E-state index in [0.717, 1.165) is 23.2 Å². The molecule has 2 aromatic rings. The summed E-state index contributed by atoms with van der Waals surface area (Å²) < 4.78 is 0. The molecule has 37 heavy (non-hydrogen) atoms. The van der Waals surface area contributed by atoms with E-state index < -0.39 is 30.1 Å². The number of thioether (sulfide) groups is 1. The number of carbonyl (C=O) groups is 3. The van der Waals surface area contributed by atoms with E-state index in [9.17, 15) is 19.5 Å². The fourth-order valence-corrected chi connectivity index (χ4v) is 5.34. The molecule has 1 aliphatic heterocycles. The first-order valence-electron chi connectivity index (χ1n) is 12.9. The van der Waals surface area contributed by atoms with Gasteiger partial charge in [-0.1, -0.05) is 44.5 Å². The maximum absolute atomic E-state index is 13.8. The number of aryl methyl sites for hydroxylation is 1. The predicted molar refractivity (Wildman–Crippen MR) is 145 cm³/mol. The van der Waals surface area contributed by atoms with E-state index in [-0.39, 0.29) is 24.0 Å². The second-order valence-electron chi connectivity index (χ2n) is 9.78. The van der Waals surface area contributed by atoms with Crippen LogP contribution in [0.4, 0.5) is 0 Å². The highest BCUT2D eigenvalue weighted by atomic mass is 32.2. The molecule has 0 aliphatic carbocycles. The van der Waals surface area contributed by atoms with E-state index in [1.165, 1.54) is 11.8 Å². The SMILES string of the molecule is CC[C@H](C)[C@H](N)C(C(=O)CCc1c[nH]cn1)N1Cc2ccccc2C[C@H]1C(=O)NC(CCSC)C(=O)O. The van der Waals surface area contributed by atoms with E-state index in [2.05, 4.69) is 15.3 Å². The quantitative estimate of drug-likeness (QED) is 0.292. The fourth-order valence-electron chi connectivity index (χ4n) is 4.87. The number of benzene rings is 1. The highest BCUT2D eigenvalue weighted by molar-refractivity contribution is 7.98. The molecule has 3 rings (SSSR count). The van der Waals surface area contributed by atoms with Crippen molar-refractivity contribution in [1.29, 1.82) is 0 Å². The van der Waals surface area contributed by atoms with Crippen LogP contribution >= 0.6 is 11.8 Å². The Bertz CT molecular complexity index is 1050. The number of Topliss-reactive ketones (excluding diaryl/α,β-unsaturated/α-hetero) is 1. The van der Waals surface area contributed by atoms with Gasteiger partial charge in [-0.15, -0.1) is 0 Å². The van der Waals surface area contributed by atoms with Gasteiger partial charge in [-0.2, -0.15) is 11.8 Å². The van der Waals surface area contributed by atoms with Gasteiger partial charge in [0.2, 0.25) is 5.91 Å². The number of amides is 1. The normalized spacial score (nSPS) is 18.9. The molecule has 0 radical (unpaired) electrons. The van der Waals surface area contributed by atoms with Crippen molar-refractivity contribution in [3.8, 4) is 0 Å². The van der Waals surface area contributed by atoms with Gasteiger partial charge in [0.05, 0.1) is 24.1 Å². The Hall–Kier alpha value is -2.69. The first kappa shape index (κ1) is 28.9. The summed E-state index contributed by atoms with van der Waals surface area (Å²) in [5.41, 5.74) is 9.60. The van der Waals surface area contributed by atoms with Crippen LogP contribution in [0.2, 0.25) is 0 Å². The number of imidazole rings is 1. The topological polar surface area (TPSA) is 141 Å². The lowest BCUT2D eigenvalue weighted by Crippen LogP contribution is -2.63. The molecule has 0 spiro atoms. The number of H-pyrrole nitrogens is 1. The lowest BCUT2D eigenvalue weighted by atomic mass is 9.84. The van der Waals surface area contributed by atoms with E-state index in [1.54, 1.807) is 12.5 Å². The number of carbonyl (C=O) groups excluding carboxylic acids is 2. The van der Waals surface area contributed by atoms with Crippen LogP contribution in [-0.4, -0.2) is 73.8 Å². The molecule has 5 N–H and O–H groups in total. The van der Waals surface area contributed by atoms with Crippen LogP contribution in [0.3, 0.4) is 0 Å². The fraction of sp³-hybridized carbons (Fsp3) is 0.556. The molecular weight excluding hydrogens is 490 g/mol. The third-order valence-corrected chi connectivity index (χ3v) is 7.99. The predicted octanol–water partition coefficient (Wildman–Crippen LogP) is 2.40. The molecule has 0 bridgehead atoms. The van der Waals surface area contributed by atoms with Gasteiger partial charge in [0, 0.05) is 25.2 Å². The maximum atomic E-state index is 13.8. The third kappa shape index (κ3) is 7.43. The molecule has 9 nitrogen and oxygen atoms in total. The molecule has 2 heterocycles. The van der Waals surface area contributed by atoms with Gasteiger partial charge in [0.15, 0.2) is 5.78 Å². The van der Waals surface area contributed by atoms with Gasteiger partial charge < -0.3 is 21.1 Å². The van der Waals surface area contributed by atoms with Crippen molar-refractivity contribution < 1.29 is 19.5 Å². The Morgan fingerprint density at radius 1 is 1.30 bits per heavy atom. The second kappa shape index (κ2) is 13.7. The Morgan fingerprint density at radius 2 is 2.03 bits per heavy atom. The van der Waals surface area contributed by atoms with Crippen molar-refractivity contribution in [1.82, 2.24) is 20.2 Å². The third-order valence-electron chi connectivity index (χ3n) is 7.35. The minimum atomic E-state index is -1.06. The molecule has 1 amide bonds. The van der Waals surface area contributed by atoms with Crippen LogP contribution in [0, 0.1) is 5.92 Å². The largest absolute Gasteiger partial charge is 0.480 e. The number of nitrogens with one attached hydrogen (secondary N) is 2. The maximum Gasteiger partial charge on any atom is 0.326 e. The van der Waals surface area contributed by atoms with Crippen LogP contribution in [0.1, 0.15) is 49.9 Å². The standard InChI is InChI=1S/C27H39N5O4S/c1-4-17(2)24(28)25(23(33)10-9-20-14-29-16-30-20)32-15-19-8-6-5-7-18(19)13-22(32)26(34)31-21(27(35)36)11-12-37-3/h5-8,14,16-17,21-22,24-25H,4,9-13,15,28H2,1-3H3,(H,29,30)(H,31,34)(H,35,36)/t17-,21?,22-,24-,25?/m0/s1. The first-order valence-corrected chi connectivity index (χ1v) is 14.3. The smallest absolute Gasteiger partial charge is 0.326 e. The van der Waals surface area contributed by atoms with E-state index in [1.807, 2.05) is 49.3 Å². The lowest BCUT2D eigenvalue weighted by molar-refractivity contribution is -0.144. The Balaban J connectivity index is 1.94. The van der Waals surface area contributed by atoms with Crippen molar-refractivity contribution in [2.24, 2.45) is 11.7 Å². The molecule has 1 aliphatic rings. The van der Waals surface area contributed by atoms with Gasteiger partial charge in [-0.05, 0) is 48.3 Å². The minimum absolute atomic E-state index is 0.0369. The molecule has 10 heteroatoms. The number of aromatic nitrogens is 2. The molecule has 0 saturated heterocycles. The molecule has 202 valence electrons. The highest BCUT2D eigenvalue weighted by Gasteiger charge is 2.42. The summed E-state index contributed by atoms with van der Waals surface area (Å²) in [6, 6.07) is 5.00. The highest BCUT2D eigenvalue weighted by Crippen LogP contribution is 2.29. The average molecular weight is 530 g/mol. The summed E-state index contributed by atoms with van der Waals surface area (Å²) in [7, 11) is 0. The molecule has 1 aromatic heterocycles. The van der Waals surface area contributed by atoms with Gasteiger partial charge in [-0.3, -0.25) is 14.5 Å². The van der Waals surface area contributed by atoms with Crippen molar-refractivity contribution in [2.75, 3.05) is 12.0 Å². The number of carboxylic acid groups (broad SMARTS) is 1. The Morgan fingerprint density at radius 3 is 2.65 bits per heavy atom. The number of aliphatic carboxylic acids is 1. The van der Waals surface area contributed by atoms with Crippen molar-refractivity contribution in [3.63, 3.8) is 0 Å². The number of rotatable bonds is 14. The molecule has 0 saturated carbocycles. The Labute approximate surface area is 223 Å². The summed E-state index contributed by atoms with van der Waals surface area (Å²) in [6.07, 6.45) is 7.47. The van der Waals surface area contributed by atoms with E-state index in [4.69, 9.17) is 5.73 Å². The second-order valence-corrected chi connectivity index (χ2v) is 10.8. The van der Waals surface area contributed by atoms with Crippen molar-refractivity contribution >= 4 is 29.4 Å². The van der Waals surface area contributed by atoms with Crippen molar-refractivity contribution in [2.45, 2.75) is 76.7 Å². The molecule has 5 atom stereocenters. The number of carboxylic acids is 1. The zero-order chi connectivity index (χ0) is 26.9. The van der Waals surface area contributed by atoms with Gasteiger partial charge in [0.1, 0.15) is 6.04 Å². The number of nitrogens with two attached hydrogens (primary N) is 1. The molecule has 1 aromatic carbocycles. The van der Waals surface area contributed by atoms with Crippen molar-refractivity contribution in [3.05, 3.63) is 53.6 Å². The van der Waals surface area contributed by atoms with E-state index >= 15 is 0 Å². The molecule has 2 unspecified atom stereocenters. The van der Waals surface area contributed by atoms with Gasteiger partial charge >= 0.3 is 5.97 Å². The van der Waals surface area contributed by atoms with Crippen LogP contribution in [-0.2, 0) is 33.8 Å². The Kier molecular flexibility index (Phi) is 10.7. The molecular formula is C27H39N5O4S. The zero-order valence-electron chi connectivity index (χ0n) is 21.9. The van der Waals surface area contributed by atoms with Gasteiger partial charge in [0.25, 0.3) is 0 Å². The van der Waals surface area contributed by atoms with Crippen LogP contribution < -0.4 is 11.1 Å². The number of hydrogen-bond donors (Lipinski definition) is 4. The number of fused-ring (bicyclic) bond motifs is 1. The van der Waals surface area contributed by atoms with Crippen LogP contribution in [0.25, 0.3) is 0 Å². The lowest BCUT2D eigenvalue weighted by Gasteiger charge is -2.44. The minimum Gasteiger partial charge on any atom is -0.480 e. The number of ketones is 1. The van der Waals surface area contributed by atoms with Gasteiger partial charge in [-0.25, -0.2) is 9.78 Å².